The van der Waals surface area contributed by atoms with Gasteiger partial charge in [0.1, 0.15) is 12.7 Å². The largest absolute Gasteiger partial charge is 0.709 e. The van der Waals surface area contributed by atoms with E-state index < -0.39 is 7.32 Å². The SMILES string of the molecule is OB(O)Oc1ncncn1. The van der Waals surface area contributed by atoms with Crippen LogP contribution < -0.4 is 4.65 Å². The summed E-state index contributed by atoms with van der Waals surface area (Å²) in [6.07, 6.45) is 2.37. The van der Waals surface area contributed by atoms with Crippen LogP contribution in [0.5, 0.6) is 6.01 Å². The highest BCUT2D eigenvalue weighted by Crippen LogP contribution is 1.94. The highest BCUT2D eigenvalue weighted by atomic mass is 16.6. The lowest BCUT2D eigenvalue weighted by Gasteiger charge is -1.98. The van der Waals surface area contributed by atoms with Crippen molar-refractivity contribution in [1.82, 2.24) is 15.0 Å². The highest BCUT2D eigenvalue weighted by molar-refractivity contribution is 6.33. The first-order valence-electron chi connectivity index (χ1n) is 2.44. The molecule has 1 aromatic rings. The average Bonchev–Trinajstić information content (AvgIpc) is 1.88. The molecule has 0 saturated carbocycles. The Hall–Kier alpha value is -1.21. The van der Waals surface area contributed by atoms with Gasteiger partial charge in [0.25, 0.3) is 0 Å². The highest BCUT2D eigenvalue weighted by Gasteiger charge is 2.11. The molecule has 0 radical (unpaired) electrons. The molecule has 7 heteroatoms. The number of nitrogens with zero attached hydrogens (tertiary/aromatic N) is 3. The second-order valence-electron chi connectivity index (χ2n) is 1.36. The van der Waals surface area contributed by atoms with Gasteiger partial charge in [0, 0.05) is 0 Å². The molecule has 0 unspecified atom stereocenters. The van der Waals surface area contributed by atoms with E-state index >= 15 is 0 Å². The van der Waals surface area contributed by atoms with Crippen LogP contribution in [-0.2, 0) is 0 Å². The van der Waals surface area contributed by atoms with Gasteiger partial charge in [-0.3, -0.25) is 0 Å². The summed E-state index contributed by atoms with van der Waals surface area (Å²) in [5, 5.41) is 16.5. The lowest BCUT2D eigenvalue weighted by atomic mass is 10.3. The van der Waals surface area contributed by atoms with Crippen molar-refractivity contribution < 1.29 is 14.7 Å². The fourth-order valence-electron chi connectivity index (χ4n) is 0.384. The molecule has 0 aromatic carbocycles. The maximum absolute atomic E-state index is 8.24. The van der Waals surface area contributed by atoms with Crippen LogP contribution in [0.2, 0.25) is 0 Å². The van der Waals surface area contributed by atoms with Gasteiger partial charge < -0.3 is 14.7 Å². The Kier molecular flexibility index (Phi) is 2.13. The molecule has 0 spiro atoms. The van der Waals surface area contributed by atoms with Gasteiger partial charge in [0.15, 0.2) is 0 Å². The van der Waals surface area contributed by atoms with Gasteiger partial charge >= 0.3 is 13.3 Å². The van der Waals surface area contributed by atoms with Gasteiger partial charge in [-0.1, -0.05) is 0 Å². The summed E-state index contributed by atoms with van der Waals surface area (Å²) in [6.45, 7) is 0. The number of hydrogen-bond donors (Lipinski definition) is 2. The summed E-state index contributed by atoms with van der Waals surface area (Å²) in [5.74, 6) is 0. The molecule has 0 fully saturated rings. The molecule has 6 nitrogen and oxygen atoms in total. The quantitative estimate of drug-likeness (QED) is 0.473. The minimum Gasteiger partial charge on any atom is -0.483 e. The Morgan fingerprint density at radius 2 is 1.90 bits per heavy atom. The van der Waals surface area contributed by atoms with E-state index in [-0.39, 0.29) is 6.01 Å². The Morgan fingerprint density at radius 1 is 1.30 bits per heavy atom. The maximum Gasteiger partial charge on any atom is 0.709 e. The summed E-state index contributed by atoms with van der Waals surface area (Å²) < 4.78 is 4.26. The summed E-state index contributed by atoms with van der Waals surface area (Å²) in [6, 6.07) is -0.120. The predicted octanol–water partition coefficient (Wildman–Crippen LogP) is -1.78. The van der Waals surface area contributed by atoms with Gasteiger partial charge in [-0.15, -0.1) is 0 Å². The third-order valence-corrected chi connectivity index (χ3v) is 0.681. The maximum atomic E-state index is 8.24. The van der Waals surface area contributed by atoms with Crippen molar-refractivity contribution in [3.63, 3.8) is 0 Å². The molecule has 0 aliphatic carbocycles. The zero-order valence-corrected chi connectivity index (χ0v) is 4.88. The van der Waals surface area contributed by atoms with Gasteiger partial charge in [-0.2, -0.15) is 9.97 Å². The molecule has 1 rings (SSSR count). The van der Waals surface area contributed by atoms with Gasteiger partial charge in [0.05, 0.1) is 0 Å². The van der Waals surface area contributed by atoms with E-state index in [0.717, 1.165) is 0 Å². The molecule has 1 heterocycles. The average molecular weight is 141 g/mol. The standard InChI is InChI=1S/C3H4BN3O3/c8-4(9)10-3-6-1-5-2-7-3/h1-2,8-9H. The van der Waals surface area contributed by atoms with Crippen LogP contribution in [0, 0.1) is 0 Å². The van der Waals surface area contributed by atoms with E-state index in [2.05, 4.69) is 19.6 Å². The monoisotopic (exact) mass is 141 g/mol. The number of hydrogen-bond acceptors (Lipinski definition) is 6. The first-order valence-corrected chi connectivity index (χ1v) is 2.44. The van der Waals surface area contributed by atoms with Gasteiger partial charge in [-0.25, -0.2) is 4.98 Å². The van der Waals surface area contributed by atoms with Crippen LogP contribution in [0.25, 0.3) is 0 Å². The van der Waals surface area contributed by atoms with Crippen molar-refractivity contribution in [2.24, 2.45) is 0 Å². The molecule has 52 valence electrons. The van der Waals surface area contributed by atoms with Crippen LogP contribution in [0.3, 0.4) is 0 Å². The Balaban J connectivity index is 2.59. The number of aromatic nitrogens is 3. The minimum atomic E-state index is -1.89. The van der Waals surface area contributed by atoms with E-state index in [1.54, 1.807) is 0 Å². The van der Waals surface area contributed by atoms with Crippen molar-refractivity contribution in [2.45, 2.75) is 0 Å². The van der Waals surface area contributed by atoms with E-state index in [4.69, 9.17) is 10.0 Å². The van der Waals surface area contributed by atoms with E-state index in [1.165, 1.54) is 12.7 Å². The minimum absolute atomic E-state index is 0.120. The van der Waals surface area contributed by atoms with Crippen molar-refractivity contribution in [1.29, 1.82) is 0 Å². The van der Waals surface area contributed by atoms with Gasteiger partial charge in [0.2, 0.25) is 0 Å². The van der Waals surface area contributed by atoms with E-state index in [1.807, 2.05) is 0 Å². The van der Waals surface area contributed by atoms with E-state index in [0.29, 0.717) is 0 Å². The van der Waals surface area contributed by atoms with Crippen LogP contribution >= 0.6 is 0 Å². The molecule has 0 saturated heterocycles. The molecule has 0 bridgehead atoms. The Morgan fingerprint density at radius 3 is 2.40 bits per heavy atom. The fraction of sp³-hybridized carbons (Fsp3) is 0. The van der Waals surface area contributed by atoms with Crippen molar-refractivity contribution >= 4 is 7.32 Å². The Labute approximate surface area is 56.7 Å². The molecule has 0 atom stereocenters. The zero-order valence-electron chi connectivity index (χ0n) is 4.88. The summed E-state index contributed by atoms with van der Waals surface area (Å²) in [4.78, 5) is 10.4. The summed E-state index contributed by atoms with van der Waals surface area (Å²) >= 11 is 0. The van der Waals surface area contributed by atoms with Crippen molar-refractivity contribution in [3.05, 3.63) is 12.7 Å². The molecular formula is C3H4BN3O3. The normalized spacial score (nSPS) is 9.00. The zero-order chi connectivity index (χ0) is 7.40. The van der Waals surface area contributed by atoms with Crippen molar-refractivity contribution in [2.75, 3.05) is 0 Å². The second kappa shape index (κ2) is 3.09. The van der Waals surface area contributed by atoms with Crippen LogP contribution in [-0.4, -0.2) is 32.3 Å². The third-order valence-electron chi connectivity index (χ3n) is 0.681. The first-order chi connectivity index (χ1) is 4.79. The van der Waals surface area contributed by atoms with Crippen LogP contribution in [0.4, 0.5) is 0 Å². The lowest BCUT2D eigenvalue weighted by Crippen LogP contribution is -2.21. The van der Waals surface area contributed by atoms with Crippen molar-refractivity contribution in [3.8, 4) is 6.01 Å². The molecular weight excluding hydrogens is 137 g/mol. The number of rotatable bonds is 2. The first kappa shape index (κ1) is 6.91. The molecule has 10 heavy (non-hydrogen) atoms. The molecule has 0 aliphatic rings. The van der Waals surface area contributed by atoms with Crippen LogP contribution in [0.1, 0.15) is 0 Å². The molecule has 0 aliphatic heterocycles. The molecule has 2 N–H and O–H groups in total. The third kappa shape index (κ3) is 1.96. The molecule has 1 aromatic heterocycles. The van der Waals surface area contributed by atoms with Gasteiger partial charge in [-0.05, 0) is 0 Å². The smallest absolute Gasteiger partial charge is 0.483 e. The topological polar surface area (TPSA) is 88.4 Å². The van der Waals surface area contributed by atoms with E-state index in [9.17, 15) is 0 Å². The van der Waals surface area contributed by atoms with Crippen LogP contribution in [0.15, 0.2) is 12.7 Å². The molecule has 0 amide bonds. The predicted molar refractivity (Wildman–Crippen MR) is 30.6 cm³/mol. The fourth-order valence-corrected chi connectivity index (χ4v) is 0.384. The lowest BCUT2D eigenvalue weighted by molar-refractivity contribution is 0.277. The second-order valence-corrected chi connectivity index (χ2v) is 1.36. The Bertz CT molecular complexity index is 193. The summed E-state index contributed by atoms with van der Waals surface area (Å²) in [5.41, 5.74) is 0. The summed E-state index contributed by atoms with van der Waals surface area (Å²) in [7, 11) is -1.89.